The summed E-state index contributed by atoms with van der Waals surface area (Å²) >= 11 is 0. The molecule has 3 rings (SSSR count). The minimum atomic E-state index is 0.364. The van der Waals surface area contributed by atoms with E-state index in [0.29, 0.717) is 12.0 Å². The summed E-state index contributed by atoms with van der Waals surface area (Å²) in [5, 5.41) is 0. The quantitative estimate of drug-likeness (QED) is 0.815. The molecule has 0 radical (unpaired) electrons. The van der Waals surface area contributed by atoms with E-state index in [1.165, 1.54) is 51.7 Å². The van der Waals surface area contributed by atoms with Crippen LogP contribution in [0.25, 0.3) is 0 Å². The second kappa shape index (κ2) is 5.89. The Bertz CT molecular complexity index is 271. The van der Waals surface area contributed by atoms with Crippen LogP contribution in [-0.2, 0) is 4.74 Å². The highest BCUT2D eigenvalue weighted by Crippen LogP contribution is 2.36. The first-order chi connectivity index (χ1) is 8.83. The van der Waals surface area contributed by atoms with Crippen molar-refractivity contribution in [1.82, 2.24) is 4.90 Å². The third kappa shape index (κ3) is 2.89. The van der Waals surface area contributed by atoms with Gasteiger partial charge in [0, 0.05) is 31.7 Å². The summed E-state index contributed by atoms with van der Waals surface area (Å²) in [6.07, 6.45) is 8.36. The van der Waals surface area contributed by atoms with Gasteiger partial charge >= 0.3 is 0 Å². The van der Waals surface area contributed by atoms with E-state index in [4.69, 9.17) is 10.5 Å². The highest BCUT2D eigenvalue weighted by Gasteiger charge is 2.33. The summed E-state index contributed by atoms with van der Waals surface area (Å²) < 4.78 is 5.59. The average Bonchev–Trinajstić information content (AvgIpc) is 2.41. The van der Waals surface area contributed by atoms with Gasteiger partial charge in [0.1, 0.15) is 0 Å². The smallest absolute Gasteiger partial charge is 0.0521 e. The molecule has 0 aromatic carbocycles. The predicted octanol–water partition coefficient (Wildman–Crippen LogP) is 1.86. The first-order valence-electron chi connectivity index (χ1n) is 7.88. The van der Waals surface area contributed by atoms with Crippen LogP contribution < -0.4 is 5.73 Å². The number of piperidine rings is 1. The van der Waals surface area contributed by atoms with E-state index >= 15 is 0 Å². The molecule has 1 aliphatic carbocycles. The fourth-order valence-electron chi connectivity index (χ4n) is 4.18. The summed E-state index contributed by atoms with van der Waals surface area (Å²) in [7, 11) is 0. The van der Waals surface area contributed by atoms with Crippen molar-refractivity contribution in [2.24, 2.45) is 23.5 Å². The van der Waals surface area contributed by atoms with Crippen molar-refractivity contribution in [3.05, 3.63) is 0 Å². The minimum Gasteiger partial charge on any atom is -0.381 e. The van der Waals surface area contributed by atoms with Gasteiger partial charge in [-0.3, -0.25) is 0 Å². The largest absolute Gasteiger partial charge is 0.381 e. The highest BCUT2D eigenvalue weighted by atomic mass is 16.5. The Morgan fingerprint density at radius 1 is 1.06 bits per heavy atom. The second-order valence-electron chi connectivity index (χ2n) is 6.64. The molecule has 2 heterocycles. The molecule has 3 heteroatoms. The Kier molecular flexibility index (Phi) is 4.22. The number of nitrogens with zero attached hydrogens (tertiary/aromatic N) is 1. The molecule has 4 unspecified atom stereocenters. The Labute approximate surface area is 111 Å². The lowest BCUT2D eigenvalue weighted by atomic mass is 9.75. The topological polar surface area (TPSA) is 38.5 Å². The van der Waals surface area contributed by atoms with Crippen molar-refractivity contribution in [2.75, 3.05) is 32.8 Å². The first kappa shape index (κ1) is 12.9. The molecule has 104 valence electrons. The number of ether oxygens (including phenoxy) is 1. The van der Waals surface area contributed by atoms with Gasteiger partial charge in [-0.15, -0.1) is 0 Å². The molecule has 0 aromatic heterocycles. The molecule has 2 saturated heterocycles. The van der Waals surface area contributed by atoms with Crippen LogP contribution >= 0.6 is 0 Å². The molecule has 0 aromatic rings. The Hall–Kier alpha value is -0.120. The van der Waals surface area contributed by atoms with Gasteiger partial charge in [-0.1, -0.05) is 19.3 Å². The fraction of sp³-hybridized carbons (Fsp3) is 1.00. The maximum Gasteiger partial charge on any atom is 0.0521 e. The van der Waals surface area contributed by atoms with Gasteiger partial charge in [0.25, 0.3) is 0 Å². The lowest BCUT2D eigenvalue weighted by Crippen LogP contribution is -2.49. The second-order valence-corrected chi connectivity index (χ2v) is 6.64. The normalized spacial score (nSPS) is 42.5. The van der Waals surface area contributed by atoms with Crippen molar-refractivity contribution in [1.29, 1.82) is 0 Å². The molecule has 1 saturated carbocycles. The summed E-state index contributed by atoms with van der Waals surface area (Å²) in [4.78, 5) is 2.67. The van der Waals surface area contributed by atoms with Gasteiger partial charge in [0.15, 0.2) is 0 Å². The number of fused-ring (bicyclic) bond motifs is 1. The fourth-order valence-corrected chi connectivity index (χ4v) is 4.18. The van der Waals surface area contributed by atoms with Crippen LogP contribution in [0, 0.1) is 17.8 Å². The molecule has 18 heavy (non-hydrogen) atoms. The van der Waals surface area contributed by atoms with E-state index in [0.717, 1.165) is 31.5 Å². The van der Waals surface area contributed by atoms with E-state index in [2.05, 4.69) is 4.90 Å². The van der Waals surface area contributed by atoms with E-state index < -0.39 is 0 Å². The summed E-state index contributed by atoms with van der Waals surface area (Å²) in [5.41, 5.74) is 6.22. The SMILES string of the molecule is NC1CCOCC1CN1CCC2CCCCC2C1. The summed E-state index contributed by atoms with van der Waals surface area (Å²) in [6.45, 7) is 5.54. The molecule has 0 spiro atoms. The molecule has 4 atom stereocenters. The highest BCUT2D eigenvalue weighted by molar-refractivity contribution is 4.86. The van der Waals surface area contributed by atoms with E-state index in [1.807, 2.05) is 0 Å². The Morgan fingerprint density at radius 2 is 1.89 bits per heavy atom. The molecule has 3 aliphatic rings. The van der Waals surface area contributed by atoms with Crippen LogP contribution in [0.15, 0.2) is 0 Å². The number of likely N-dealkylation sites (tertiary alicyclic amines) is 1. The third-order valence-electron chi connectivity index (χ3n) is 5.40. The number of hydrogen-bond donors (Lipinski definition) is 1. The number of rotatable bonds is 2. The maximum atomic E-state index is 6.22. The van der Waals surface area contributed by atoms with Gasteiger partial charge < -0.3 is 15.4 Å². The van der Waals surface area contributed by atoms with Crippen LogP contribution in [0.1, 0.15) is 38.5 Å². The van der Waals surface area contributed by atoms with Crippen LogP contribution in [-0.4, -0.2) is 43.8 Å². The lowest BCUT2D eigenvalue weighted by Gasteiger charge is -2.43. The van der Waals surface area contributed by atoms with Gasteiger partial charge in [0.2, 0.25) is 0 Å². The van der Waals surface area contributed by atoms with E-state index in [9.17, 15) is 0 Å². The Balaban J connectivity index is 1.51. The van der Waals surface area contributed by atoms with Crippen molar-refractivity contribution in [3.8, 4) is 0 Å². The van der Waals surface area contributed by atoms with Crippen molar-refractivity contribution in [3.63, 3.8) is 0 Å². The average molecular weight is 252 g/mol. The number of nitrogens with two attached hydrogens (primary N) is 1. The summed E-state index contributed by atoms with van der Waals surface area (Å²) in [5.74, 6) is 2.58. The maximum absolute atomic E-state index is 6.22. The van der Waals surface area contributed by atoms with Gasteiger partial charge in [-0.25, -0.2) is 0 Å². The minimum absolute atomic E-state index is 0.364. The van der Waals surface area contributed by atoms with E-state index in [1.54, 1.807) is 0 Å². The van der Waals surface area contributed by atoms with Gasteiger partial charge in [-0.2, -0.15) is 0 Å². The van der Waals surface area contributed by atoms with Crippen molar-refractivity contribution >= 4 is 0 Å². The molecular weight excluding hydrogens is 224 g/mol. The van der Waals surface area contributed by atoms with Crippen LogP contribution in [0.4, 0.5) is 0 Å². The molecule has 3 nitrogen and oxygen atoms in total. The number of hydrogen-bond acceptors (Lipinski definition) is 3. The molecule has 0 bridgehead atoms. The zero-order valence-corrected chi connectivity index (χ0v) is 11.5. The van der Waals surface area contributed by atoms with Crippen molar-refractivity contribution < 1.29 is 4.74 Å². The zero-order chi connectivity index (χ0) is 12.4. The molecule has 2 N–H and O–H groups in total. The van der Waals surface area contributed by atoms with Crippen LogP contribution in [0.3, 0.4) is 0 Å². The van der Waals surface area contributed by atoms with E-state index in [-0.39, 0.29) is 0 Å². The molecule has 2 aliphatic heterocycles. The molecular formula is C15H28N2O. The predicted molar refractivity (Wildman–Crippen MR) is 73.4 cm³/mol. The zero-order valence-electron chi connectivity index (χ0n) is 11.5. The standard InChI is InChI=1S/C15H28N2O/c16-15-6-8-18-11-14(15)10-17-7-5-12-3-1-2-4-13(12)9-17/h12-15H,1-11,16H2. The molecule has 3 fully saturated rings. The molecule has 0 amide bonds. The van der Waals surface area contributed by atoms with Crippen LogP contribution in [0.2, 0.25) is 0 Å². The first-order valence-corrected chi connectivity index (χ1v) is 7.88. The Morgan fingerprint density at radius 3 is 2.72 bits per heavy atom. The van der Waals surface area contributed by atoms with Crippen LogP contribution in [0.5, 0.6) is 0 Å². The van der Waals surface area contributed by atoms with Gasteiger partial charge in [0.05, 0.1) is 6.61 Å². The summed E-state index contributed by atoms with van der Waals surface area (Å²) in [6, 6.07) is 0.364. The van der Waals surface area contributed by atoms with Crippen molar-refractivity contribution in [2.45, 2.75) is 44.6 Å². The van der Waals surface area contributed by atoms with Gasteiger partial charge in [-0.05, 0) is 37.6 Å². The third-order valence-corrected chi connectivity index (χ3v) is 5.40. The lowest BCUT2D eigenvalue weighted by molar-refractivity contribution is 0.00884. The monoisotopic (exact) mass is 252 g/mol.